The molecule has 0 fully saturated rings. The second-order valence-corrected chi connectivity index (χ2v) is 8.06. The second kappa shape index (κ2) is 8.62. The number of rotatable bonds is 8. The minimum absolute atomic E-state index is 0.269. The van der Waals surface area contributed by atoms with E-state index in [0.717, 1.165) is 9.88 Å². The van der Waals surface area contributed by atoms with Gasteiger partial charge in [0.1, 0.15) is 29.7 Å². The summed E-state index contributed by atoms with van der Waals surface area (Å²) < 4.78 is 11.5. The van der Waals surface area contributed by atoms with Crippen molar-refractivity contribution in [2.75, 3.05) is 6.61 Å². The average molecular weight is 417 g/mol. The quantitative estimate of drug-likeness (QED) is 0.517. The number of ether oxygens (including phenoxy) is 1. The Kier molecular flexibility index (Phi) is 6.19. The van der Waals surface area contributed by atoms with Crippen LogP contribution in [-0.4, -0.2) is 34.6 Å². The van der Waals surface area contributed by atoms with Crippen molar-refractivity contribution in [3.8, 4) is 5.75 Å². The number of nitrogens with one attached hydrogen (secondary N) is 1. The normalized spacial score (nSPS) is 12.3. The molecule has 0 aliphatic heterocycles. The van der Waals surface area contributed by atoms with Crippen LogP contribution in [0.25, 0.3) is 11.0 Å². The molecule has 3 rings (SSSR count). The standard InChI is InChI=1S/C20H23N3O5S/c1-10(2)20-22-7-13(29-20)9-27-12-4-5-16-14(6-12)17(11(3)28-16)19(26)23-15(8-24)18(21)25/h4-7,10,15,24H,8-9H2,1-3H3,(H2,21,25)(H,23,26)/t15-/m0/s1. The number of carbonyl (C=O) groups is 2. The topological polar surface area (TPSA) is 128 Å². The predicted molar refractivity (Wildman–Crippen MR) is 109 cm³/mol. The van der Waals surface area contributed by atoms with Crippen molar-refractivity contribution in [2.24, 2.45) is 5.73 Å². The lowest BCUT2D eigenvalue weighted by atomic mass is 10.1. The number of aliphatic hydroxyl groups excluding tert-OH is 1. The molecule has 3 aromatic rings. The molecule has 29 heavy (non-hydrogen) atoms. The Hall–Kier alpha value is -2.91. The number of thiazole rings is 1. The maximum atomic E-state index is 12.6. The fraction of sp³-hybridized carbons (Fsp3) is 0.350. The van der Waals surface area contributed by atoms with E-state index in [-0.39, 0.29) is 5.56 Å². The van der Waals surface area contributed by atoms with Crippen LogP contribution < -0.4 is 15.8 Å². The third kappa shape index (κ3) is 4.57. The fourth-order valence-electron chi connectivity index (χ4n) is 2.82. The Labute approximate surface area is 171 Å². The maximum Gasteiger partial charge on any atom is 0.256 e. The van der Waals surface area contributed by atoms with Crippen LogP contribution in [0.1, 0.15) is 45.8 Å². The van der Waals surface area contributed by atoms with Crippen molar-refractivity contribution in [3.63, 3.8) is 0 Å². The van der Waals surface area contributed by atoms with Crippen molar-refractivity contribution in [3.05, 3.63) is 45.6 Å². The number of amides is 2. The minimum Gasteiger partial charge on any atom is -0.488 e. The van der Waals surface area contributed by atoms with E-state index in [1.807, 2.05) is 0 Å². The number of carbonyl (C=O) groups excluding carboxylic acids is 2. The Morgan fingerprint density at radius 1 is 1.38 bits per heavy atom. The number of primary amides is 1. The molecule has 0 aliphatic carbocycles. The third-order valence-electron chi connectivity index (χ3n) is 4.34. The number of furan rings is 1. The Bertz CT molecular complexity index is 1040. The van der Waals surface area contributed by atoms with Crippen molar-refractivity contribution >= 4 is 34.1 Å². The molecule has 1 aromatic carbocycles. The highest BCUT2D eigenvalue weighted by Gasteiger charge is 2.23. The van der Waals surface area contributed by atoms with Gasteiger partial charge >= 0.3 is 0 Å². The highest BCUT2D eigenvalue weighted by Crippen LogP contribution is 2.30. The molecule has 0 aliphatic rings. The molecule has 0 saturated carbocycles. The highest BCUT2D eigenvalue weighted by molar-refractivity contribution is 7.11. The van der Waals surface area contributed by atoms with Crippen LogP contribution in [0.3, 0.4) is 0 Å². The summed E-state index contributed by atoms with van der Waals surface area (Å²) in [7, 11) is 0. The van der Waals surface area contributed by atoms with Crippen LogP contribution in [0, 0.1) is 6.92 Å². The van der Waals surface area contributed by atoms with E-state index in [1.165, 1.54) is 0 Å². The van der Waals surface area contributed by atoms with E-state index in [4.69, 9.17) is 14.9 Å². The van der Waals surface area contributed by atoms with Crippen molar-refractivity contribution in [1.29, 1.82) is 0 Å². The summed E-state index contributed by atoms with van der Waals surface area (Å²) in [6, 6.07) is 4.02. The fourth-order valence-corrected chi connectivity index (χ4v) is 3.65. The zero-order chi connectivity index (χ0) is 21.1. The SMILES string of the molecule is Cc1oc2ccc(OCc3cnc(C(C)C)s3)cc2c1C(=O)N[C@@H](CO)C(N)=O. The maximum absolute atomic E-state index is 12.6. The summed E-state index contributed by atoms with van der Waals surface area (Å²) in [6.45, 7) is 5.61. The lowest BCUT2D eigenvalue weighted by Gasteiger charge is -2.12. The number of hydrogen-bond acceptors (Lipinski definition) is 7. The summed E-state index contributed by atoms with van der Waals surface area (Å²) >= 11 is 1.60. The Morgan fingerprint density at radius 3 is 2.76 bits per heavy atom. The number of fused-ring (bicyclic) bond motifs is 1. The summed E-state index contributed by atoms with van der Waals surface area (Å²) in [5, 5.41) is 13.2. The van der Waals surface area contributed by atoms with Crippen molar-refractivity contribution < 1.29 is 23.8 Å². The molecule has 2 aromatic heterocycles. The monoisotopic (exact) mass is 417 g/mol. The van der Waals surface area contributed by atoms with Gasteiger partial charge in [0, 0.05) is 17.5 Å². The molecule has 0 radical (unpaired) electrons. The van der Waals surface area contributed by atoms with Gasteiger partial charge in [-0.3, -0.25) is 9.59 Å². The molecule has 9 heteroatoms. The van der Waals surface area contributed by atoms with E-state index in [9.17, 15) is 14.7 Å². The van der Waals surface area contributed by atoms with Gasteiger partial charge in [-0.25, -0.2) is 4.98 Å². The summed E-state index contributed by atoms with van der Waals surface area (Å²) in [5.41, 5.74) is 5.96. The zero-order valence-corrected chi connectivity index (χ0v) is 17.2. The molecule has 0 unspecified atom stereocenters. The summed E-state index contributed by atoms with van der Waals surface area (Å²) in [6.07, 6.45) is 1.80. The number of nitrogens with zero attached hydrogens (tertiary/aromatic N) is 1. The molecule has 0 bridgehead atoms. The van der Waals surface area contributed by atoms with Crippen LogP contribution in [0.2, 0.25) is 0 Å². The molecule has 1 atom stereocenters. The molecule has 0 spiro atoms. The zero-order valence-electron chi connectivity index (χ0n) is 16.4. The number of aryl methyl sites for hydroxylation is 1. The van der Waals surface area contributed by atoms with Gasteiger partial charge in [0.05, 0.1) is 22.1 Å². The summed E-state index contributed by atoms with van der Waals surface area (Å²) in [5.74, 6) is -0.0514. The number of hydrogen-bond donors (Lipinski definition) is 3. The van der Waals surface area contributed by atoms with Gasteiger partial charge in [-0.15, -0.1) is 11.3 Å². The molecule has 8 nitrogen and oxygen atoms in total. The van der Waals surface area contributed by atoms with Crippen LogP contribution >= 0.6 is 11.3 Å². The number of aliphatic hydroxyl groups is 1. The largest absolute Gasteiger partial charge is 0.488 e. The number of nitrogens with two attached hydrogens (primary N) is 1. The van der Waals surface area contributed by atoms with Gasteiger partial charge in [0.25, 0.3) is 5.91 Å². The van der Waals surface area contributed by atoms with Crippen molar-refractivity contribution in [1.82, 2.24) is 10.3 Å². The Balaban J connectivity index is 1.82. The number of benzene rings is 1. The highest BCUT2D eigenvalue weighted by atomic mass is 32.1. The van der Waals surface area contributed by atoms with E-state index in [0.29, 0.717) is 35.0 Å². The molecular weight excluding hydrogens is 394 g/mol. The molecule has 4 N–H and O–H groups in total. The van der Waals surface area contributed by atoms with Gasteiger partial charge in [0.2, 0.25) is 5.91 Å². The number of aromatic nitrogens is 1. The van der Waals surface area contributed by atoms with Crippen LogP contribution in [0.5, 0.6) is 5.75 Å². The van der Waals surface area contributed by atoms with Gasteiger partial charge in [-0.2, -0.15) is 0 Å². The van der Waals surface area contributed by atoms with Gasteiger partial charge in [-0.1, -0.05) is 13.8 Å². The molecule has 154 valence electrons. The average Bonchev–Trinajstić information content (AvgIpc) is 3.27. The van der Waals surface area contributed by atoms with E-state index in [2.05, 4.69) is 24.1 Å². The Morgan fingerprint density at radius 2 is 2.14 bits per heavy atom. The lowest BCUT2D eigenvalue weighted by Crippen LogP contribution is -2.46. The smallest absolute Gasteiger partial charge is 0.256 e. The minimum atomic E-state index is -1.17. The second-order valence-electron chi connectivity index (χ2n) is 6.91. The van der Waals surface area contributed by atoms with Crippen LogP contribution in [0.15, 0.2) is 28.8 Å². The summed E-state index contributed by atoms with van der Waals surface area (Å²) in [4.78, 5) is 29.3. The van der Waals surface area contributed by atoms with Gasteiger partial charge in [-0.05, 0) is 25.1 Å². The van der Waals surface area contributed by atoms with E-state index in [1.54, 1.807) is 42.7 Å². The van der Waals surface area contributed by atoms with E-state index < -0.39 is 24.5 Å². The first kappa shape index (κ1) is 20.8. The van der Waals surface area contributed by atoms with Gasteiger partial charge in [0.15, 0.2) is 0 Å². The molecular formula is C20H23N3O5S. The molecule has 0 saturated heterocycles. The van der Waals surface area contributed by atoms with Crippen LogP contribution in [-0.2, 0) is 11.4 Å². The van der Waals surface area contributed by atoms with Crippen LogP contribution in [0.4, 0.5) is 0 Å². The van der Waals surface area contributed by atoms with Crippen molar-refractivity contribution in [2.45, 2.75) is 39.3 Å². The van der Waals surface area contributed by atoms with Gasteiger partial charge < -0.3 is 25.3 Å². The predicted octanol–water partition coefficient (Wildman–Crippen LogP) is 2.48. The molecule has 2 amide bonds. The first-order valence-corrected chi connectivity index (χ1v) is 9.93. The lowest BCUT2D eigenvalue weighted by molar-refractivity contribution is -0.120. The first-order chi connectivity index (χ1) is 13.8. The molecule has 2 heterocycles. The van der Waals surface area contributed by atoms with E-state index >= 15 is 0 Å². The third-order valence-corrected chi connectivity index (χ3v) is 5.61. The first-order valence-electron chi connectivity index (χ1n) is 9.11.